The van der Waals surface area contributed by atoms with Gasteiger partial charge in [0.15, 0.2) is 5.69 Å². The van der Waals surface area contributed by atoms with E-state index in [1.807, 2.05) is 29.5 Å². The Kier molecular flexibility index (Phi) is 3.73. The molecule has 0 spiro atoms. The molecule has 0 N–H and O–H groups in total. The van der Waals surface area contributed by atoms with Crippen molar-refractivity contribution < 1.29 is 9.08 Å². The Labute approximate surface area is 92.4 Å². The summed E-state index contributed by atoms with van der Waals surface area (Å²) in [6.07, 6.45) is 0.816. The third-order valence-corrected chi connectivity index (χ3v) is 3.50. The van der Waals surface area contributed by atoms with Crippen LogP contribution >= 0.6 is 45.8 Å². The summed E-state index contributed by atoms with van der Waals surface area (Å²) in [6.45, 7) is 1.98. The van der Waals surface area contributed by atoms with Gasteiger partial charge >= 0.3 is 5.97 Å². The molecule has 1 aromatic heterocycles. The number of nitrogens with zero attached hydrogens (tertiary/aromatic N) is 1. The van der Waals surface area contributed by atoms with Gasteiger partial charge in [-0.15, -0.1) is 11.3 Å². The number of halogens is 2. The maximum Gasteiger partial charge on any atom is 0.376 e. The standard InChI is InChI=1S/C6H5ClINO2S/c1-2-3-9-4(5(8)12-3)6(10)11-7/h2H2,1H3. The van der Waals surface area contributed by atoms with E-state index in [2.05, 4.69) is 9.27 Å². The lowest BCUT2D eigenvalue weighted by atomic mass is 10.5. The van der Waals surface area contributed by atoms with Crippen LogP contribution in [0, 0.1) is 2.88 Å². The van der Waals surface area contributed by atoms with Crippen LogP contribution in [0.5, 0.6) is 0 Å². The third-order valence-electron chi connectivity index (χ3n) is 1.20. The summed E-state index contributed by atoms with van der Waals surface area (Å²) in [7, 11) is 0. The minimum atomic E-state index is -0.586. The van der Waals surface area contributed by atoms with Crippen LogP contribution in [0.25, 0.3) is 0 Å². The molecule has 0 aliphatic rings. The van der Waals surface area contributed by atoms with Gasteiger partial charge in [0, 0.05) is 0 Å². The minimum Gasteiger partial charge on any atom is -0.342 e. The molecule has 3 nitrogen and oxygen atoms in total. The Balaban J connectivity index is 2.99. The second kappa shape index (κ2) is 4.38. The monoisotopic (exact) mass is 317 g/mol. The van der Waals surface area contributed by atoms with Gasteiger partial charge in [-0.25, -0.2) is 9.78 Å². The van der Waals surface area contributed by atoms with E-state index in [-0.39, 0.29) is 0 Å². The summed E-state index contributed by atoms with van der Waals surface area (Å²) in [5.74, 6) is -0.586. The van der Waals surface area contributed by atoms with Crippen molar-refractivity contribution in [2.45, 2.75) is 13.3 Å². The predicted molar refractivity (Wildman–Crippen MR) is 55.5 cm³/mol. The van der Waals surface area contributed by atoms with Crippen LogP contribution in [0.4, 0.5) is 0 Å². The van der Waals surface area contributed by atoms with Crippen molar-refractivity contribution in [1.29, 1.82) is 0 Å². The van der Waals surface area contributed by atoms with Crippen LogP contribution < -0.4 is 0 Å². The van der Waals surface area contributed by atoms with Crippen LogP contribution in [-0.4, -0.2) is 11.0 Å². The normalized spacial score (nSPS) is 9.92. The van der Waals surface area contributed by atoms with Crippen molar-refractivity contribution in [3.05, 3.63) is 13.6 Å². The number of rotatable bonds is 2. The minimum absolute atomic E-state index is 0.312. The summed E-state index contributed by atoms with van der Waals surface area (Å²) in [4.78, 5) is 15.0. The quantitative estimate of drug-likeness (QED) is 0.787. The number of hydrogen-bond acceptors (Lipinski definition) is 4. The fourth-order valence-electron chi connectivity index (χ4n) is 0.657. The summed E-state index contributed by atoms with van der Waals surface area (Å²) >= 11 is 8.44. The highest BCUT2D eigenvalue weighted by Crippen LogP contribution is 2.21. The summed E-state index contributed by atoms with van der Waals surface area (Å²) in [6, 6.07) is 0. The van der Waals surface area contributed by atoms with E-state index in [1.165, 1.54) is 11.3 Å². The van der Waals surface area contributed by atoms with Gasteiger partial charge in [-0.1, -0.05) is 6.92 Å². The molecule has 1 rings (SSSR count). The molecule has 0 saturated heterocycles. The Morgan fingerprint density at radius 2 is 2.50 bits per heavy atom. The van der Waals surface area contributed by atoms with Crippen LogP contribution in [0.2, 0.25) is 0 Å². The lowest BCUT2D eigenvalue weighted by Crippen LogP contribution is -2.00. The van der Waals surface area contributed by atoms with Crippen molar-refractivity contribution in [2.75, 3.05) is 0 Å². The molecule has 66 valence electrons. The van der Waals surface area contributed by atoms with Crippen LogP contribution in [0.1, 0.15) is 22.4 Å². The van der Waals surface area contributed by atoms with Gasteiger partial charge in [0.1, 0.15) is 14.7 Å². The van der Waals surface area contributed by atoms with E-state index in [4.69, 9.17) is 11.9 Å². The number of aromatic nitrogens is 1. The molecule has 0 atom stereocenters. The van der Waals surface area contributed by atoms with Gasteiger partial charge in [0.25, 0.3) is 0 Å². The fourth-order valence-corrected chi connectivity index (χ4v) is 2.55. The largest absolute Gasteiger partial charge is 0.376 e. The smallest absolute Gasteiger partial charge is 0.342 e. The molecule has 0 saturated carbocycles. The number of hydrogen-bond donors (Lipinski definition) is 0. The number of thiazole rings is 1. The average Bonchev–Trinajstić information content (AvgIpc) is 2.45. The Morgan fingerprint density at radius 1 is 1.83 bits per heavy atom. The first-order chi connectivity index (χ1) is 5.69. The molecule has 0 aliphatic carbocycles. The molecule has 0 fully saturated rings. The van der Waals surface area contributed by atoms with Crippen molar-refractivity contribution in [3.8, 4) is 0 Å². The first-order valence-corrected chi connectivity index (χ1v) is 5.37. The van der Waals surface area contributed by atoms with E-state index in [0.717, 1.165) is 14.3 Å². The SMILES string of the molecule is CCc1nc(C(=O)OCl)c(I)s1. The molecule has 0 bridgehead atoms. The average molecular weight is 318 g/mol. The fraction of sp³-hybridized carbons (Fsp3) is 0.333. The topological polar surface area (TPSA) is 39.2 Å². The maximum atomic E-state index is 10.9. The van der Waals surface area contributed by atoms with Crippen LogP contribution in [0.3, 0.4) is 0 Å². The maximum absolute atomic E-state index is 10.9. The first kappa shape index (κ1) is 10.2. The summed E-state index contributed by atoms with van der Waals surface area (Å²) in [5.41, 5.74) is 0.312. The van der Waals surface area contributed by atoms with E-state index in [1.54, 1.807) is 0 Å². The summed E-state index contributed by atoms with van der Waals surface area (Å²) < 4.78 is 4.86. The highest BCUT2D eigenvalue weighted by atomic mass is 127. The van der Waals surface area contributed by atoms with Gasteiger partial charge in [0.2, 0.25) is 0 Å². The number of aryl methyl sites for hydroxylation is 1. The Hall–Kier alpha value is 0.120. The molecular formula is C6H5ClINO2S. The van der Waals surface area contributed by atoms with E-state index >= 15 is 0 Å². The van der Waals surface area contributed by atoms with E-state index < -0.39 is 5.97 Å². The molecule has 0 unspecified atom stereocenters. The first-order valence-electron chi connectivity index (χ1n) is 3.17. The van der Waals surface area contributed by atoms with Gasteiger partial charge < -0.3 is 4.29 Å². The molecule has 0 radical (unpaired) electrons. The predicted octanol–water partition coefficient (Wildman–Crippen LogP) is 2.62. The highest BCUT2D eigenvalue weighted by molar-refractivity contribution is 14.1. The lowest BCUT2D eigenvalue weighted by Gasteiger charge is -1.89. The second-order valence-electron chi connectivity index (χ2n) is 1.95. The zero-order valence-corrected chi connectivity index (χ0v) is 9.86. The third kappa shape index (κ3) is 2.08. The molecule has 0 aliphatic heterocycles. The van der Waals surface area contributed by atoms with Gasteiger partial charge in [-0.2, -0.15) is 0 Å². The van der Waals surface area contributed by atoms with E-state index in [9.17, 15) is 4.79 Å². The molecule has 1 heterocycles. The second-order valence-corrected chi connectivity index (χ2v) is 5.00. The van der Waals surface area contributed by atoms with E-state index in [0.29, 0.717) is 5.69 Å². The van der Waals surface area contributed by atoms with Gasteiger partial charge in [0.05, 0.1) is 5.01 Å². The molecular weight excluding hydrogens is 312 g/mol. The highest BCUT2D eigenvalue weighted by Gasteiger charge is 2.16. The van der Waals surface area contributed by atoms with Crippen molar-refractivity contribution >= 4 is 51.8 Å². The molecule has 6 heteroatoms. The van der Waals surface area contributed by atoms with Crippen LogP contribution in [0.15, 0.2) is 0 Å². The molecule has 0 aromatic carbocycles. The van der Waals surface area contributed by atoms with Crippen molar-refractivity contribution in [3.63, 3.8) is 0 Å². The number of carbonyl (C=O) groups excluding carboxylic acids is 1. The Morgan fingerprint density at radius 3 is 2.92 bits per heavy atom. The molecule has 0 amide bonds. The summed E-state index contributed by atoms with van der Waals surface area (Å²) in [5, 5.41) is 0.913. The zero-order valence-electron chi connectivity index (χ0n) is 6.13. The van der Waals surface area contributed by atoms with Gasteiger partial charge in [-0.3, -0.25) is 0 Å². The Bertz CT molecular complexity index is 302. The molecule has 12 heavy (non-hydrogen) atoms. The zero-order chi connectivity index (χ0) is 9.14. The number of carbonyl (C=O) groups is 1. The van der Waals surface area contributed by atoms with Crippen molar-refractivity contribution in [1.82, 2.24) is 4.98 Å². The molecule has 1 aromatic rings. The van der Waals surface area contributed by atoms with Gasteiger partial charge in [-0.05, 0) is 29.0 Å². The van der Waals surface area contributed by atoms with Crippen molar-refractivity contribution in [2.24, 2.45) is 0 Å². The van der Waals surface area contributed by atoms with Crippen LogP contribution in [-0.2, 0) is 10.7 Å². The lowest BCUT2D eigenvalue weighted by molar-refractivity contribution is 0.0745.